The summed E-state index contributed by atoms with van der Waals surface area (Å²) >= 11 is 1.86. The molecule has 4 rings (SSSR count). The van der Waals surface area contributed by atoms with Crippen molar-refractivity contribution in [1.29, 1.82) is 0 Å². The normalized spacial score (nSPS) is 10.6. The molecule has 0 aliphatic carbocycles. The average Bonchev–Trinajstić information content (AvgIpc) is 3.46. The molecule has 0 aliphatic heterocycles. The third-order valence-corrected chi connectivity index (χ3v) is 7.48. The van der Waals surface area contributed by atoms with E-state index in [0.29, 0.717) is 22.7 Å². The zero-order valence-corrected chi connectivity index (χ0v) is 22.1. The van der Waals surface area contributed by atoms with E-state index >= 15 is 0 Å². The number of nitrogens with zero attached hydrogens (tertiary/aromatic N) is 2. The smallest absolute Gasteiger partial charge is 0.341 e. The summed E-state index contributed by atoms with van der Waals surface area (Å²) in [5.41, 5.74) is 1.57. The molecule has 2 N–H and O–H groups in total. The van der Waals surface area contributed by atoms with Gasteiger partial charge in [0.2, 0.25) is 11.6 Å². The van der Waals surface area contributed by atoms with Gasteiger partial charge in [0.05, 0.1) is 35.7 Å². The summed E-state index contributed by atoms with van der Waals surface area (Å²) in [5, 5.41) is 21.7. The molecular weight excluding hydrogens is 532 g/mol. The van der Waals surface area contributed by atoms with Gasteiger partial charge in [-0.05, 0) is 53.2 Å². The number of esters is 1. The van der Waals surface area contributed by atoms with Crippen LogP contribution in [-0.4, -0.2) is 43.0 Å². The Morgan fingerprint density at radius 2 is 1.79 bits per heavy atom. The first-order valence-electron chi connectivity index (χ1n) is 11.1. The quantitative estimate of drug-likeness (QED) is 0.181. The Balaban J connectivity index is 1.51. The minimum absolute atomic E-state index is 0.0804. The maximum Gasteiger partial charge on any atom is 0.341 e. The van der Waals surface area contributed by atoms with Gasteiger partial charge in [0.1, 0.15) is 10.8 Å². The first kappa shape index (κ1) is 26.7. The zero-order chi connectivity index (χ0) is 27.2. The fourth-order valence-corrected chi connectivity index (χ4v) is 5.28. The Kier molecular flexibility index (Phi) is 8.28. The third kappa shape index (κ3) is 5.79. The molecule has 0 saturated carbocycles. The summed E-state index contributed by atoms with van der Waals surface area (Å²) in [7, 11) is 2.75. The van der Waals surface area contributed by atoms with E-state index in [0.717, 1.165) is 23.1 Å². The molecule has 11 nitrogen and oxygen atoms in total. The minimum Gasteiger partial charge on any atom is -0.538 e. The number of hydrogen-bond acceptors (Lipinski definition) is 10. The van der Waals surface area contributed by atoms with Gasteiger partial charge in [-0.2, -0.15) is 0 Å². The molecule has 0 unspecified atom stereocenters. The summed E-state index contributed by atoms with van der Waals surface area (Å²) in [6.45, 7) is 1.60. The highest BCUT2D eigenvalue weighted by molar-refractivity contribution is 7.99. The van der Waals surface area contributed by atoms with Crippen LogP contribution in [0.4, 0.5) is 10.7 Å². The summed E-state index contributed by atoms with van der Waals surface area (Å²) < 4.78 is 16.1. The highest BCUT2D eigenvalue weighted by Crippen LogP contribution is 2.34. The molecule has 4 aromatic rings. The minimum atomic E-state index is -0.708. The molecule has 0 spiro atoms. The number of nitrogens with one attached hydrogen (secondary N) is 2. The topological polar surface area (TPSA) is 147 Å². The number of ether oxygens (including phenoxy) is 2. The summed E-state index contributed by atoms with van der Waals surface area (Å²) in [6, 6.07) is 15.6. The Hall–Kier alpha value is -4.36. The van der Waals surface area contributed by atoms with Gasteiger partial charge in [-0.25, -0.2) is 4.79 Å². The number of thioether (sulfide) groups is 1. The first-order valence-corrected chi connectivity index (χ1v) is 12.9. The molecule has 0 bridgehead atoms. The number of para-hydroxylation sites is 1. The molecule has 0 fully saturated rings. The second-order valence-corrected chi connectivity index (χ2v) is 9.67. The van der Waals surface area contributed by atoms with Gasteiger partial charge in [-0.15, -0.1) is 11.3 Å². The van der Waals surface area contributed by atoms with E-state index in [1.165, 1.54) is 18.9 Å². The van der Waals surface area contributed by atoms with E-state index in [4.69, 9.17) is 14.0 Å². The Morgan fingerprint density at radius 1 is 1.08 bits per heavy atom. The van der Waals surface area contributed by atoms with Gasteiger partial charge in [-0.1, -0.05) is 18.2 Å². The molecule has 0 radical (unpaired) electrons. The number of anilines is 2. The van der Waals surface area contributed by atoms with Crippen LogP contribution in [0.5, 0.6) is 11.7 Å². The molecule has 38 heavy (non-hydrogen) atoms. The average molecular weight is 555 g/mol. The van der Waals surface area contributed by atoms with Crippen LogP contribution in [0.25, 0.3) is 5.69 Å². The van der Waals surface area contributed by atoms with E-state index in [1.807, 2.05) is 6.07 Å². The number of aromatic nitrogens is 2. The van der Waals surface area contributed by atoms with Crippen LogP contribution >= 0.6 is 23.1 Å². The first-order chi connectivity index (χ1) is 18.3. The second-order valence-electron chi connectivity index (χ2n) is 7.68. The van der Waals surface area contributed by atoms with Crippen molar-refractivity contribution in [2.45, 2.75) is 11.9 Å². The molecule has 13 heteroatoms. The molecular formula is C25H22N4O7S2. The number of carbonyl (C=O) groups excluding carboxylic acids is 3. The van der Waals surface area contributed by atoms with Crippen molar-refractivity contribution in [2.24, 2.45) is 0 Å². The summed E-state index contributed by atoms with van der Waals surface area (Å²) in [6.07, 6.45) is 0. The summed E-state index contributed by atoms with van der Waals surface area (Å²) in [4.78, 5) is 38.5. The monoisotopic (exact) mass is 554 g/mol. The molecule has 2 amide bonds. The van der Waals surface area contributed by atoms with Crippen molar-refractivity contribution in [3.8, 4) is 17.4 Å². The highest BCUT2D eigenvalue weighted by Gasteiger charge is 2.27. The standard InChI is InChI=1S/C25H22N4O7S2/c1-14-19(24(32)35-3)22(38-20(14)21(31)26-15-7-5-4-6-8-15)27-18(30)13-37-23-25(33)36-28-29(23)16-9-11-17(34-2)12-10-16/h4-12H,13H2,1-3H3,(H2-,26,27,28,30,31,32,33). The fraction of sp³-hybridized carbons (Fsp3) is 0.160. The fourth-order valence-electron chi connectivity index (χ4n) is 3.42. The van der Waals surface area contributed by atoms with Crippen molar-refractivity contribution in [3.63, 3.8) is 0 Å². The largest absolute Gasteiger partial charge is 0.538 e. The lowest BCUT2D eigenvalue weighted by Crippen LogP contribution is -2.35. The van der Waals surface area contributed by atoms with E-state index in [1.54, 1.807) is 55.5 Å². The SMILES string of the molecule is COC(=O)c1c(NC(=O)CSc2c([O-])on[n+]2-c2ccc(OC)cc2)sc(C(=O)Nc2ccccc2)c1C. The Bertz CT molecular complexity index is 1470. The second kappa shape index (κ2) is 11.8. The van der Waals surface area contributed by atoms with Crippen molar-refractivity contribution in [1.82, 2.24) is 5.27 Å². The van der Waals surface area contributed by atoms with Crippen LogP contribution in [0.3, 0.4) is 0 Å². The van der Waals surface area contributed by atoms with Crippen LogP contribution in [-0.2, 0) is 9.53 Å². The van der Waals surface area contributed by atoms with Crippen LogP contribution in [0.15, 0.2) is 64.1 Å². The lowest BCUT2D eigenvalue weighted by Gasteiger charge is -2.05. The van der Waals surface area contributed by atoms with Gasteiger partial charge in [0.25, 0.3) is 10.9 Å². The highest BCUT2D eigenvalue weighted by atomic mass is 32.2. The van der Waals surface area contributed by atoms with Gasteiger partial charge < -0.3 is 29.7 Å². The number of thiophene rings is 1. The number of benzene rings is 2. The molecule has 196 valence electrons. The predicted octanol–water partition coefficient (Wildman–Crippen LogP) is 3.17. The maximum atomic E-state index is 12.9. The van der Waals surface area contributed by atoms with E-state index in [2.05, 4.69) is 15.9 Å². The molecule has 0 aliphatic rings. The van der Waals surface area contributed by atoms with Gasteiger partial charge >= 0.3 is 5.97 Å². The number of hydrogen-bond donors (Lipinski definition) is 2. The Labute approximate surface area is 225 Å². The number of rotatable bonds is 9. The lowest BCUT2D eigenvalue weighted by atomic mass is 10.1. The van der Waals surface area contributed by atoms with Crippen LogP contribution in [0.2, 0.25) is 0 Å². The number of amides is 2. The predicted molar refractivity (Wildman–Crippen MR) is 138 cm³/mol. The van der Waals surface area contributed by atoms with Gasteiger partial charge in [-0.3, -0.25) is 9.59 Å². The molecule has 0 atom stereocenters. The maximum absolute atomic E-state index is 12.9. The van der Waals surface area contributed by atoms with Crippen LogP contribution in [0.1, 0.15) is 25.6 Å². The van der Waals surface area contributed by atoms with Crippen molar-refractivity contribution >= 4 is 51.6 Å². The van der Waals surface area contributed by atoms with Crippen molar-refractivity contribution in [3.05, 3.63) is 70.6 Å². The molecule has 2 aromatic heterocycles. The van der Waals surface area contributed by atoms with Crippen LogP contribution < -0.4 is 25.2 Å². The molecule has 0 saturated heterocycles. The zero-order valence-electron chi connectivity index (χ0n) is 20.5. The number of carbonyl (C=O) groups is 3. The van der Waals surface area contributed by atoms with E-state index < -0.39 is 23.7 Å². The van der Waals surface area contributed by atoms with Crippen molar-refractivity contribution < 1.29 is 38.2 Å². The number of methoxy groups -OCH3 is 2. The van der Waals surface area contributed by atoms with Gasteiger partial charge in [0, 0.05) is 17.8 Å². The third-order valence-electron chi connectivity index (χ3n) is 5.26. The lowest BCUT2D eigenvalue weighted by molar-refractivity contribution is -0.705. The van der Waals surface area contributed by atoms with Crippen LogP contribution in [0, 0.1) is 6.92 Å². The molecule has 2 heterocycles. The van der Waals surface area contributed by atoms with Crippen molar-refractivity contribution in [2.75, 3.05) is 30.6 Å². The van der Waals surface area contributed by atoms with Gasteiger partial charge in [0.15, 0.2) is 5.95 Å². The van der Waals surface area contributed by atoms with E-state index in [-0.39, 0.29) is 26.2 Å². The summed E-state index contributed by atoms with van der Waals surface area (Å²) in [5.74, 6) is -1.92. The Morgan fingerprint density at radius 3 is 2.45 bits per heavy atom. The van der Waals surface area contributed by atoms with E-state index in [9.17, 15) is 19.5 Å². The molecule has 2 aromatic carbocycles.